The predicted octanol–water partition coefficient (Wildman–Crippen LogP) is 3.67. The second-order valence-electron chi connectivity index (χ2n) is 7.58. The summed E-state index contributed by atoms with van der Waals surface area (Å²) in [4.78, 5) is 14.5. The van der Waals surface area contributed by atoms with Gasteiger partial charge in [0.2, 0.25) is 0 Å². The molecule has 140 valence electrons. The average Bonchev–Trinajstić information content (AvgIpc) is 2.86. The number of benzene rings is 1. The van der Waals surface area contributed by atoms with Crippen LogP contribution in [0.1, 0.15) is 51.5 Å². The predicted molar refractivity (Wildman–Crippen MR) is 100 cm³/mol. The van der Waals surface area contributed by atoms with E-state index in [1.165, 1.54) is 44.8 Å². The van der Waals surface area contributed by atoms with E-state index in [9.17, 15) is 9.18 Å². The van der Waals surface area contributed by atoms with E-state index in [0.717, 1.165) is 13.0 Å². The zero-order valence-corrected chi connectivity index (χ0v) is 15.6. The molecule has 4 nitrogen and oxygen atoms in total. The molecule has 0 unspecified atom stereocenters. The Kier molecular flexibility index (Phi) is 7.69. The molecule has 5 heteroatoms. The Morgan fingerprint density at radius 2 is 1.80 bits per heavy atom. The van der Waals surface area contributed by atoms with Gasteiger partial charge >= 0.3 is 6.03 Å². The Labute approximate surface area is 151 Å². The molecular weight excluding hydrogens is 317 g/mol. The molecule has 0 saturated carbocycles. The first-order valence-corrected chi connectivity index (χ1v) is 9.48. The molecule has 1 fully saturated rings. The smallest absolute Gasteiger partial charge is 0.314 e. The van der Waals surface area contributed by atoms with Crippen molar-refractivity contribution in [3.63, 3.8) is 0 Å². The number of likely N-dealkylation sites (tertiary alicyclic amines) is 1. The van der Waals surface area contributed by atoms with Gasteiger partial charge in [-0.05, 0) is 50.5 Å². The van der Waals surface area contributed by atoms with Gasteiger partial charge in [0.1, 0.15) is 5.82 Å². The first-order valence-electron chi connectivity index (χ1n) is 9.48. The lowest BCUT2D eigenvalue weighted by molar-refractivity contribution is 0.236. The maximum atomic E-state index is 13.9. The van der Waals surface area contributed by atoms with E-state index in [1.54, 1.807) is 12.1 Å². The lowest BCUT2D eigenvalue weighted by atomic mass is 9.84. The fourth-order valence-electron chi connectivity index (χ4n) is 3.33. The molecule has 1 aromatic carbocycles. The van der Waals surface area contributed by atoms with Crippen molar-refractivity contribution in [2.45, 2.75) is 51.4 Å². The van der Waals surface area contributed by atoms with Crippen LogP contribution in [0.3, 0.4) is 0 Å². The largest absolute Gasteiger partial charge is 0.338 e. The van der Waals surface area contributed by atoms with Gasteiger partial charge in [-0.1, -0.05) is 44.9 Å². The van der Waals surface area contributed by atoms with Crippen LogP contribution in [0, 0.1) is 5.82 Å². The number of carbonyl (C=O) groups excluding carboxylic acids is 1. The molecule has 2 amide bonds. The van der Waals surface area contributed by atoms with Crippen LogP contribution in [0.5, 0.6) is 0 Å². The molecule has 0 aromatic heterocycles. The number of nitrogens with one attached hydrogen (secondary N) is 2. The SMILES string of the molecule is CC(C)(CNC(=O)NCCCN1CCCCCC1)c1ccccc1F. The monoisotopic (exact) mass is 349 g/mol. The van der Waals surface area contributed by atoms with E-state index in [1.807, 2.05) is 19.9 Å². The number of urea groups is 1. The quantitative estimate of drug-likeness (QED) is 0.738. The Morgan fingerprint density at radius 3 is 2.48 bits per heavy atom. The number of hydrogen-bond acceptors (Lipinski definition) is 2. The van der Waals surface area contributed by atoms with Crippen molar-refractivity contribution in [2.24, 2.45) is 0 Å². The summed E-state index contributed by atoms with van der Waals surface area (Å²) < 4.78 is 13.9. The highest BCUT2D eigenvalue weighted by molar-refractivity contribution is 5.73. The van der Waals surface area contributed by atoms with Crippen LogP contribution in [0.4, 0.5) is 9.18 Å². The highest BCUT2D eigenvalue weighted by atomic mass is 19.1. The number of rotatable bonds is 7. The fourth-order valence-corrected chi connectivity index (χ4v) is 3.33. The minimum atomic E-state index is -0.450. The minimum Gasteiger partial charge on any atom is -0.338 e. The van der Waals surface area contributed by atoms with Crippen molar-refractivity contribution >= 4 is 6.03 Å². The maximum absolute atomic E-state index is 13.9. The van der Waals surface area contributed by atoms with Crippen molar-refractivity contribution in [1.29, 1.82) is 0 Å². The maximum Gasteiger partial charge on any atom is 0.314 e. The standard InChI is InChI=1S/C20H32FN3O/c1-20(2,17-10-5-6-11-18(17)21)16-23-19(25)22-12-9-15-24-13-7-3-4-8-14-24/h5-6,10-11H,3-4,7-9,12-16H2,1-2H3,(H2,22,23,25). The molecule has 0 radical (unpaired) electrons. The zero-order valence-electron chi connectivity index (χ0n) is 15.6. The topological polar surface area (TPSA) is 44.4 Å². The Balaban J connectivity index is 1.65. The number of nitrogens with zero attached hydrogens (tertiary/aromatic N) is 1. The van der Waals surface area contributed by atoms with E-state index >= 15 is 0 Å². The van der Waals surface area contributed by atoms with Crippen molar-refractivity contribution < 1.29 is 9.18 Å². The lowest BCUT2D eigenvalue weighted by Gasteiger charge is -2.26. The molecule has 1 aliphatic heterocycles. The van der Waals surface area contributed by atoms with Gasteiger partial charge in [-0.3, -0.25) is 0 Å². The summed E-state index contributed by atoms with van der Waals surface area (Å²) in [7, 11) is 0. The summed E-state index contributed by atoms with van der Waals surface area (Å²) in [5.74, 6) is -0.229. The summed E-state index contributed by atoms with van der Waals surface area (Å²) in [6.45, 7) is 8.34. The first-order chi connectivity index (χ1) is 12.0. The summed E-state index contributed by atoms with van der Waals surface area (Å²) in [6.07, 6.45) is 6.23. The number of carbonyl (C=O) groups is 1. The molecule has 0 spiro atoms. The zero-order chi connectivity index (χ0) is 18.1. The third-order valence-corrected chi connectivity index (χ3v) is 4.93. The first kappa shape index (κ1) is 19.7. The van der Waals surface area contributed by atoms with Gasteiger partial charge in [-0.2, -0.15) is 0 Å². The summed E-state index contributed by atoms with van der Waals surface area (Å²) in [5.41, 5.74) is 0.172. The molecule has 1 heterocycles. The number of amides is 2. The molecular formula is C20H32FN3O. The lowest BCUT2D eigenvalue weighted by Crippen LogP contribution is -2.43. The van der Waals surface area contributed by atoms with Gasteiger partial charge in [0.25, 0.3) is 0 Å². The van der Waals surface area contributed by atoms with Gasteiger partial charge in [-0.15, -0.1) is 0 Å². The van der Waals surface area contributed by atoms with Crippen molar-refractivity contribution in [1.82, 2.24) is 15.5 Å². The highest BCUT2D eigenvalue weighted by Crippen LogP contribution is 2.24. The second kappa shape index (κ2) is 9.76. The van der Waals surface area contributed by atoms with E-state index in [-0.39, 0.29) is 11.8 Å². The molecule has 1 saturated heterocycles. The van der Waals surface area contributed by atoms with Crippen LogP contribution in [-0.4, -0.2) is 43.7 Å². The van der Waals surface area contributed by atoms with Gasteiger partial charge < -0.3 is 15.5 Å². The van der Waals surface area contributed by atoms with E-state index in [0.29, 0.717) is 18.7 Å². The van der Waals surface area contributed by atoms with Crippen molar-refractivity contribution in [2.75, 3.05) is 32.7 Å². The highest BCUT2D eigenvalue weighted by Gasteiger charge is 2.24. The summed E-state index contributed by atoms with van der Waals surface area (Å²) in [5, 5.41) is 5.77. The molecule has 2 rings (SSSR count). The normalized spacial score (nSPS) is 16.3. The van der Waals surface area contributed by atoms with Crippen molar-refractivity contribution in [3.05, 3.63) is 35.6 Å². The summed E-state index contributed by atoms with van der Waals surface area (Å²) in [6, 6.07) is 6.55. The van der Waals surface area contributed by atoms with Crippen LogP contribution in [0.15, 0.2) is 24.3 Å². The Bertz CT molecular complexity index is 539. The van der Waals surface area contributed by atoms with Crippen molar-refractivity contribution in [3.8, 4) is 0 Å². The van der Waals surface area contributed by atoms with Gasteiger partial charge in [0, 0.05) is 18.5 Å². The van der Waals surface area contributed by atoms with Gasteiger partial charge in [0.05, 0.1) is 0 Å². The molecule has 2 N–H and O–H groups in total. The molecule has 0 bridgehead atoms. The van der Waals surface area contributed by atoms with Gasteiger partial charge in [-0.25, -0.2) is 9.18 Å². The average molecular weight is 349 g/mol. The molecule has 0 atom stereocenters. The van der Waals surface area contributed by atoms with E-state index in [4.69, 9.17) is 0 Å². The van der Waals surface area contributed by atoms with E-state index < -0.39 is 5.41 Å². The van der Waals surface area contributed by atoms with Crippen LogP contribution in [0.2, 0.25) is 0 Å². The third-order valence-electron chi connectivity index (χ3n) is 4.93. The Morgan fingerprint density at radius 1 is 1.12 bits per heavy atom. The van der Waals surface area contributed by atoms with Crippen LogP contribution < -0.4 is 10.6 Å². The molecule has 0 aliphatic carbocycles. The van der Waals surface area contributed by atoms with E-state index in [2.05, 4.69) is 15.5 Å². The van der Waals surface area contributed by atoms with Crippen LogP contribution in [-0.2, 0) is 5.41 Å². The third kappa shape index (κ3) is 6.65. The van der Waals surface area contributed by atoms with Crippen LogP contribution >= 0.6 is 0 Å². The fraction of sp³-hybridized carbons (Fsp3) is 0.650. The number of hydrogen-bond donors (Lipinski definition) is 2. The minimum absolute atomic E-state index is 0.180. The van der Waals surface area contributed by atoms with Gasteiger partial charge in [0.15, 0.2) is 0 Å². The molecule has 25 heavy (non-hydrogen) atoms. The second-order valence-corrected chi connectivity index (χ2v) is 7.58. The molecule has 1 aliphatic rings. The number of halogens is 1. The Hall–Kier alpha value is -1.62. The van der Waals surface area contributed by atoms with Crippen LogP contribution in [0.25, 0.3) is 0 Å². The summed E-state index contributed by atoms with van der Waals surface area (Å²) >= 11 is 0. The molecule has 1 aromatic rings.